The van der Waals surface area contributed by atoms with Gasteiger partial charge in [0.1, 0.15) is 5.60 Å². The lowest BCUT2D eigenvalue weighted by Gasteiger charge is -2.19. The lowest BCUT2D eigenvalue weighted by molar-refractivity contribution is 0.0544. The number of nitrogens with zero attached hydrogens (tertiary/aromatic N) is 2. The van der Waals surface area contributed by atoms with Crippen LogP contribution in [0.4, 0.5) is 4.79 Å². The molecule has 104 valence electrons. The number of ether oxygens (including phenoxy) is 1. The number of halogens is 1. The summed E-state index contributed by atoms with van der Waals surface area (Å²) in [6.07, 6.45) is 1.49. The number of carbonyl (C=O) groups is 1. The minimum atomic E-state index is -0.560. The van der Waals surface area contributed by atoms with Crippen LogP contribution in [0.5, 0.6) is 0 Å². The van der Waals surface area contributed by atoms with Crippen LogP contribution in [0.3, 0.4) is 0 Å². The average Bonchev–Trinajstić information content (AvgIpc) is 2.66. The van der Waals surface area contributed by atoms with Crippen molar-refractivity contribution < 1.29 is 9.53 Å². The van der Waals surface area contributed by atoms with Crippen LogP contribution in [-0.4, -0.2) is 16.3 Å². The van der Waals surface area contributed by atoms with Crippen LogP contribution >= 0.6 is 15.9 Å². The number of rotatable bonds is 1. The Bertz CT molecular complexity index is 705. The number of hydrogen-bond donors (Lipinski definition) is 0. The van der Waals surface area contributed by atoms with Crippen molar-refractivity contribution in [3.8, 4) is 6.07 Å². The van der Waals surface area contributed by atoms with E-state index in [9.17, 15) is 4.79 Å². The molecular formula is C15H15BrN2O2. The van der Waals surface area contributed by atoms with Gasteiger partial charge in [0.15, 0.2) is 0 Å². The van der Waals surface area contributed by atoms with Crippen molar-refractivity contribution in [2.75, 3.05) is 0 Å². The molecule has 5 heteroatoms. The second-order valence-electron chi connectivity index (χ2n) is 5.50. The highest BCUT2D eigenvalue weighted by atomic mass is 79.9. The van der Waals surface area contributed by atoms with Gasteiger partial charge in [-0.25, -0.2) is 4.79 Å². The average molecular weight is 335 g/mol. The fraction of sp³-hybridized carbons (Fsp3) is 0.333. The molecule has 4 nitrogen and oxygen atoms in total. The molecule has 0 aliphatic heterocycles. The topological polar surface area (TPSA) is 55.0 Å². The standard InChI is InChI=1S/C15H15BrN2O2/c1-15(2,3)20-14(19)18-9-10(6-7-17)12-5-4-11(16)8-13(12)18/h4-5,8-9H,6H2,1-3H3. The van der Waals surface area contributed by atoms with E-state index >= 15 is 0 Å². The first kappa shape index (κ1) is 14.6. The lowest BCUT2D eigenvalue weighted by Crippen LogP contribution is -2.26. The van der Waals surface area contributed by atoms with Gasteiger partial charge in [-0.1, -0.05) is 22.0 Å². The predicted molar refractivity (Wildman–Crippen MR) is 80.6 cm³/mol. The van der Waals surface area contributed by atoms with E-state index in [1.807, 2.05) is 39.0 Å². The Balaban J connectivity index is 2.55. The van der Waals surface area contributed by atoms with Gasteiger partial charge in [0, 0.05) is 16.1 Å². The molecule has 0 saturated carbocycles. The van der Waals surface area contributed by atoms with Crippen molar-refractivity contribution in [1.29, 1.82) is 5.26 Å². The Morgan fingerprint density at radius 2 is 2.15 bits per heavy atom. The number of nitriles is 1. The minimum absolute atomic E-state index is 0.258. The summed E-state index contributed by atoms with van der Waals surface area (Å²) in [5.41, 5.74) is 0.995. The molecule has 0 fully saturated rings. The second-order valence-corrected chi connectivity index (χ2v) is 6.42. The van der Waals surface area contributed by atoms with Crippen molar-refractivity contribution >= 4 is 32.9 Å². The first-order chi connectivity index (χ1) is 9.31. The SMILES string of the molecule is CC(C)(C)OC(=O)n1cc(CC#N)c2ccc(Br)cc21. The molecule has 1 aromatic carbocycles. The van der Waals surface area contributed by atoms with Gasteiger partial charge < -0.3 is 4.74 Å². The van der Waals surface area contributed by atoms with Gasteiger partial charge in [-0.15, -0.1) is 0 Å². The van der Waals surface area contributed by atoms with Gasteiger partial charge in [-0.3, -0.25) is 4.57 Å². The molecule has 1 heterocycles. The van der Waals surface area contributed by atoms with Crippen LogP contribution in [0.15, 0.2) is 28.9 Å². The van der Waals surface area contributed by atoms with Crippen molar-refractivity contribution in [2.24, 2.45) is 0 Å². The molecule has 2 rings (SSSR count). The van der Waals surface area contributed by atoms with E-state index in [1.54, 1.807) is 6.20 Å². The highest BCUT2D eigenvalue weighted by molar-refractivity contribution is 9.10. The highest BCUT2D eigenvalue weighted by Crippen LogP contribution is 2.26. The first-order valence-corrected chi connectivity index (χ1v) is 7.01. The Kier molecular flexibility index (Phi) is 3.87. The molecule has 0 saturated heterocycles. The molecule has 0 bridgehead atoms. The van der Waals surface area contributed by atoms with E-state index in [4.69, 9.17) is 10.00 Å². The van der Waals surface area contributed by atoms with Gasteiger partial charge in [0.25, 0.3) is 0 Å². The third-order valence-corrected chi connectivity index (χ3v) is 3.20. The summed E-state index contributed by atoms with van der Waals surface area (Å²) in [5, 5.41) is 9.77. The van der Waals surface area contributed by atoms with Crippen LogP contribution in [0.25, 0.3) is 10.9 Å². The summed E-state index contributed by atoms with van der Waals surface area (Å²) in [6.45, 7) is 5.47. The number of carbonyl (C=O) groups excluding carboxylic acids is 1. The quantitative estimate of drug-likeness (QED) is 0.783. The summed E-state index contributed by atoms with van der Waals surface area (Å²) in [4.78, 5) is 12.2. The molecule has 0 aliphatic carbocycles. The van der Waals surface area contributed by atoms with E-state index < -0.39 is 11.7 Å². The van der Waals surface area contributed by atoms with Crippen molar-refractivity contribution in [3.63, 3.8) is 0 Å². The molecule has 1 aromatic heterocycles. The van der Waals surface area contributed by atoms with E-state index in [0.717, 1.165) is 20.9 Å². The maximum Gasteiger partial charge on any atom is 0.419 e. The zero-order valence-corrected chi connectivity index (χ0v) is 13.2. The molecule has 0 radical (unpaired) electrons. The molecular weight excluding hydrogens is 320 g/mol. The summed E-state index contributed by atoms with van der Waals surface area (Å²) in [7, 11) is 0. The molecule has 0 spiro atoms. The summed E-state index contributed by atoms with van der Waals surface area (Å²) in [5.74, 6) is 0. The molecule has 0 aliphatic rings. The number of fused-ring (bicyclic) bond motifs is 1. The fourth-order valence-electron chi connectivity index (χ4n) is 1.96. The van der Waals surface area contributed by atoms with Crippen LogP contribution in [0.2, 0.25) is 0 Å². The Morgan fingerprint density at radius 1 is 1.45 bits per heavy atom. The third kappa shape index (κ3) is 3.02. The van der Waals surface area contributed by atoms with Crippen molar-refractivity contribution in [3.05, 3.63) is 34.4 Å². The Hall–Kier alpha value is -1.80. The second kappa shape index (κ2) is 5.29. The third-order valence-electron chi connectivity index (χ3n) is 2.71. The minimum Gasteiger partial charge on any atom is -0.443 e. The number of aromatic nitrogens is 1. The van der Waals surface area contributed by atoms with Gasteiger partial charge in [-0.05, 0) is 38.5 Å². The zero-order chi connectivity index (χ0) is 14.9. The normalized spacial score (nSPS) is 11.3. The van der Waals surface area contributed by atoms with Crippen molar-refractivity contribution in [2.45, 2.75) is 32.8 Å². The van der Waals surface area contributed by atoms with E-state index in [0.29, 0.717) is 0 Å². The molecule has 0 N–H and O–H groups in total. The molecule has 0 unspecified atom stereocenters. The molecule has 2 aromatic rings. The van der Waals surface area contributed by atoms with Crippen LogP contribution < -0.4 is 0 Å². The smallest absolute Gasteiger partial charge is 0.419 e. The van der Waals surface area contributed by atoms with E-state index in [-0.39, 0.29) is 6.42 Å². The monoisotopic (exact) mass is 334 g/mol. The largest absolute Gasteiger partial charge is 0.443 e. The van der Waals surface area contributed by atoms with E-state index in [1.165, 1.54) is 4.57 Å². The summed E-state index contributed by atoms with van der Waals surface area (Å²) < 4.78 is 7.72. The van der Waals surface area contributed by atoms with Gasteiger partial charge in [0.2, 0.25) is 0 Å². The van der Waals surface area contributed by atoms with Gasteiger partial charge >= 0.3 is 6.09 Å². The van der Waals surface area contributed by atoms with E-state index in [2.05, 4.69) is 22.0 Å². The zero-order valence-electron chi connectivity index (χ0n) is 11.6. The van der Waals surface area contributed by atoms with Gasteiger partial charge in [0.05, 0.1) is 18.0 Å². The maximum absolute atomic E-state index is 12.2. The van der Waals surface area contributed by atoms with Crippen LogP contribution in [-0.2, 0) is 11.2 Å². The number of benzene rings is 1. The van der Waals surface area contributed by atoms with Crippen LogP contribution in [0.1, 0.15) is 26.3 Å². The molecule has 20 heavy (non-hydrogen) atoms. The Labute approximate surface area is 126 Å². The molecule has 0 atom stereocenters. The number of hydrogen-bond acceptors (Lipinski definition) is 3. The van der Waals surface area contributed by atoms with Crippen LogP contribution in [0, 0.1) is 11.3 Å². The molecule has 0 amide bonds. The Morgan fingerprint density at radius 3 is 2.75 bits per heavy atom. The van der Waals surface area contributed by atoms with Crippen molar-refractivity contribution in [1.82, 2.24) is 4.57 Å². The van der Waals surface area contributed by atoms with Gasteiger partial charge in [-0.2, -0.15) is 5.26 Å². The first-order valence-electron chi connectivity index (χ1n) is 6.21. The fourth-order valence-corrected chi connectivity index (χ4v) is 2.31. The summed E-state index contributed by atoms with van der Waals surface area (Å²) >= 11 is 3.39. The lowest BCUT2D eigenvalue weighted by atomic mass is 10.1. The predicted octanol–water partition coefficient (Wildman–Crippen LogP) is 4.25. The summed E-state index contributed by atoms with van der Waals surface area (Å²) in [6, 6.07) is 7.75. The highest BCUT2D eigenvalue weighted by Gasteiger charge is 2.20. The maximum atomic E-state index is 12.2.